The molecular weight excluding hydrogens is 406 g/mol. The Kier molecular flexibility index (Phi) is 6.87. The summed E-state index contributed by atoms with van der Waals surface area (Å²) in [5.74, 6) is -1.64. The highest BCUT2D eigenvalue weighted by Crippen LogP contribution is 2.22. The maximum absolute atomic E-state index is 12.6. The number of ether oxygens (including phenoxy) is 2. The lowest BCUT2D eigenvalue weighted by Gasteiger charge is -2.11. The summed E-state index contributed by atoms with van der Waals surface area (Å²) in [6.45, 7) is -0.466. The minimum Gasteiger partial charge on any atom is -0.465 e. The highest BCUT2D eigenvalue weighted by atomic mass is 32.2. The molecule has 0 atom stereocenters. The second-order valence-corrected chi connectivity index (χ2v) is 6.77. The number of para-hydroxylation sites is 1. The summed E-state index contributed by atoms with van der Waals surface area (Å²) >= 11 is 1.39. The topological polar surface area (TPSA) is 99.5 Å². The molecule has 0 saturated carbocycles. The van der Waals surface area contributed by atoms with Crippen molar-refractivity contribution in [3.63, 3.8) is 0 Å². The Labute approximate surface area is 177 Å². The van der Waals surface area contributed by atoms with E-state index in [9.17, 15) is 14.4 Å². The van der Waals surface area contributed by atoms with Crippen molar-refractivity contribution in [1.29, 1.82) is 0 Å². The fourth-order valence-corrected chi connectivity index (χ4v) is 3.20. The summed E-state index contributed by atoms with van der Waals surface area (Å²) < 4.78 is 11.5. The number of carbonyl (C=O) groups excluding carboxylic acids is 3. The minimum absolute atomic E-state index is 0.223. The highest BCUT2D eigenvalue weighted by molar-refractivity contribution is 7.98. The minimum atomic E-state index is -0.664. The number of methoxy groups -OCH3 is 1. The van der Waals surface area contributed by atoms with Crippen LogP contribution in [0.15, 0.2) is 66.0 Å². The fourth-order valence-electron chi connectivity index (χ4n) is 2.66. The van der Waals surface area contributed by atoms with Crippen LogP contribution in [0.5, 0.6) is 0 Å². The van der Waals surface area contributed by atoms with Crippen LogP contribution >= 0.6 is 11.8 Å². The molecule has 0 unspecified atom stereocenters. The van der Waals surface area contributed by atoms with Crippen LogP contribution in [0.2, 0.25) is 0 Å². The number of carbonyl (C=O) groups is 3. The molecule has 30 heavy (non-hydrogen) atoms. The van der Waals surface area contributed by atoms with E-state index in [0.29, 0.717) is 16.4 Å². The van der Waals surface area contributed by atoms with Gasteiger partial charge in [0.1, 0.15) is 0 Å². The number of hydrogen-bond donors (Lipinski definition) is 1. The number of nitrogens with zero attached hydrogens (tertiary/aromatic N) is 2. The number of benzene rings is 2. The van der Waals surface area contributed by atoms with Gasteiger partial charge in [-0.25, -0.2) is 14.6 Å². The predicted octanol–water partition coefficient (Wildman–Crippen LogP) is 3.18. The Morgan fingerprint density at radius 2 is 1.73 bits per heavy atom. The van der Waals surface area contributed by atoms with Crippen molar-refractivity contribution >= 4 is 35.3 Å². The van der Waals surface area contributed by atoms with E-state index in [4.69, 9.17) is 4.74 Å². The summed E-state index contributed by atoms with van der Waals surface area (Å²) in [5, 5.41) is 3.23. The van der Waals surface area contributed by atoms with Crippen LogP contribution in [0.1, 0.15) is 20.8 Å². The highest BCUT2D eigenvalue weighted by Gasteiger charge is 2.20. The largest absolute Gasteiger partial charge is 0.465 e. The monoisotopic (exact) mass is 425 g/mol. The van der Waals surface area contributed by atoms with Gasteiger partial charge in [0, 0.05) is 11.4 Å². The number of esters is 2. The molecule has 0 radical (unpaired) electrons. The van der Waals surface area contributed by atoms with E-state index in [0.717, 1.165) is 5.69 Å². The van der Waals surface area contributed by atoms with E-state index in [-0.39, 0.29) is 5.69 Å². The van der Waals surface area contributed by atoms with E-state index in [2.05, 4.69) is 15.0 Å². The van der Waals surface area contributed by atoms with Crippen LogP contribution in [0.25, 0.3) is 5.69 Å². The molecule has 0 aliphatic carbocycles. The molecule has 2 aromatic carbocycles. The van der Waals surface area contributed by atoms with Gasteiger partial charge >= 0.3 is 11.9 Å². The van der Waals surface area contributed by atoms with Gasteiger partial charge in [-0.15, -0.1) is 0 Å². The standard InChI is InChI=1S/C21H19N3O5S/c1-28-19(26)14-8-10-15(11-9-14)23-18(25)13-29-20(27)17-12-22-21(30-2)24(17)16-6-4-3-5-7-16/h3-12H,13H2,1-2H3,(H,23,25). The van der Waals surface area contributed by atoms with Gasteiger partial charge < -0.3 is 14.8 Å². The molecule has 0 aliphatic heterocycles. The number of amides is 1. The number of aromatic nitrogens is 2. The van der Waals surface area contributed by atoms with E-state index in [1.54, 1.807) is 16.7 Å². The lowest BCUT2D eigenvalue weighted by Crippen LogP contribution is -2.22. The Hall–Kier alpha value is -3.59. The van der Waals surface area contributed by atoms with Gasteiger partial charge in [0.15, 0.2) is 17.5 Å². The molecule has 1 N–H and O–H groups in total. The molecule has 0 bridgehead atoms. The number of hydrogen-bond acceptors (Lipinski definition) is 7. The Morgan fingerprint density at radius 3 is 2.37 bits per heavy atom. The Morgan fingerprint density at radius 1 is 1.03 bits per heavy atom. The molecule has 0 saturated heterocycles. The lowest BCUT2D eigenvalue weighted by molar-refractivity contribution is -0.119. The number of thioether (sulfide) groups is 1. The average Bonchev–Trinajstić information content (AvgIpc) is 3.22. The van der Waals surface area contributed by atoms with Gasteiger partial charge in [-0.2, -0.15) is 0 Å². The van der Waals surface area contributed by atoms with Crippen LogP contribution in [0, 0.1) is 0 Å². The average molecular weight is 425 g/mol. The zero-order chi connectivity index (χ0) is 21.5. The fraction of sp³-hybridized carbons (Fsp3) is 0.143. The molecule has 1 amide bonds. The summed E-state index contributed by atoms with van der Waals surface area (Å²) in [6, 6.07) is 15.4. The third kappa shape index (κ3) is 4.87. The lowest BCUT2D eigenvalue weighted by atomic mass is 10.2. The summed E-state index contributed by atoms with van der Waals surface area (Å²) in [5.41, 5.74) is 1.81. The Balaban J connectivity index is 1.64. The second-order valence-electron chi connectivity index (χ2n) is 5.99. The first-order chi connectivity index (χ1) is 14.5. The van der Waals surface area contributed by atoms with Crippen molar-refractivity contribution < 1.29 is 23.9 Å². The van der Waals surface area contributed by atoms with Gasteiger partial charge in [-0.05, 0) is 42.7 Å². The van der Waals surface area contributed by atoms with Gasteiger partial charge in [0.05, 0.1) is 18.9 Å². The molecular formula is C21H19N3O5S. The molecule has 1 aromatic heterocycles. The van der Waals surface area contributed by atoms with Crippen LogP contribution in [-0.2, 0) is 14.3 Å². The number of imidazole rings is 1. The third-order valence-corrected chi connectivity index (χ3v) is 4.71. The zero-order valence-electron chi connectivity index (χ0n) is 16.3. The van der Waals surface area contributed by atoms with E-state index in [1.807, 2.05) is 36.6 Å². The van der Waals surface area contributed by atoms with Crippen molar-refractivity contribution in [3.8, 4) is 5.69 Å². The quantitative estimate of drug-likeness (QED) is 0.458. The number of anilines is 1. The molecule has 3 rings (SSSR count). The first-order valence-corrected chi connectivity index (χ1v) is 10.1. The van der Waals surface area contributed by atoms with E-state index < -0.39 is 24.5 Å². The maximum atomic E-state index is 12.6. The van der Waals surface area contributed by atoms with Crippen LogP contribution in [0.3, 0.4) is 0 Å². The van der Waals surface area contributed by atoms with Crippen molar-refractivity contribution in [1.82, 2.24) is 9.55 Å². The van der Waals surface area contributed by atoms with E-state index >= 15 is 0 Å². The smallest absolute Gasteiger partial charge is 0.357 e. The van der Waals surface area contributed by atoms with Crippen molar-refractivity contribution in [2.75, 3.05) is 25.3 Å². The molecule has 0 spiro atoms. The van der Waals surface area contributed by atoms with Crippen molar-refractivity contribution in [2.45, 2.75) is 5.16 Å². The van der Waals surface area contributed by atoms with Gasteiger partial charge in [-0.1, -0.05) is 30.0 Å². The zero-order valence-corrected chi connectivity index (χ0v) is 17.1. The third-order valence-electron chi connectivity index (χ3n) is 4.06. The molecule has 9 heteroatoms. The normalized spacial score (nSPS) is 10.3. The molecule has 154 valence electrons. The first-order valence-electron chi connectivity index (χ1n) is 8.86. The van der Waals surface area contributed by atoms with Gasteiger partial charge in [-0.3, -0.25) is 9.36 Å². The molecule has 0 fully saturated rings. The molecule has 8 nitrogen and oxygen atoms in total. The molecule has 0 aliphatic rings. The second kappa shape index (κ2) is 9.75. The molecule has 1 heterocycles. The number of rotatable bonds is 7. The maximum Gasteiger partial charge on any atom is 0.357 e. The summed E-state index contributed by atoms with van der Waals surface area (Å²) in [7, 11) is 1.29. The summed E-state index contributed by atoms with van der Waals surface area (Å²) in [4.78, 5) is 40.4. The van der Waals surface area contributed by atoms with Crippen LogP contribution < -0.4 is 5.32 Å². The van der Waals surface area contributed by atoms with Crippen LogP contribution in [-0.4, -0.2) is 47.4 Å². The summed E-state index contributed by atoms with van der Waals surface area (Å²) in [6.07, 6.45) is 3.28. The Bertz CT molecular complexity index is 1050. The number of nitrogens with one attached hydrogen (secondary N) is 1. The van der Waals surface area contributed by atoms with Crippen molar-refractivity contribution in [3.05, 3.63) is 72.1 Å². The SMILES string of the molecule is COC(=O)c1ccc(NC(=O)COC(=O)c2cnc(SC)n2-c2ccccc2)cc1. The first kappa shape index (κ1) is 21.1. The van der Waals surface area contributed by atoms with Crippen LogP contribution in [0.4, 0.5) is 5.69 Å². The van der Waals surface area contributed by atoms with Gasteiger partial charge in [0.25, 0.3) is 5.91 Å². The predicted molar refractivity (Wildman–Crippen MR) is 112 cm³/mol. The molecule has 3 aromatic rings. The van der Waals surface area contributed by atoms with Gasteiger partial charge in [0.2, 0.25) is 0 Å². The van der Waals surface area contributed by atoms with E-state index in [1.165, 1.54) is 37.2 Å². The van der Waals surface area contributed by atoms with Crippen molar-refractivity contribution in [2.24, 2.45) is 0 Å².